The molecule has 3 rings (SSSR count). The molecule has 102 heavy (non-hydrogen) atoms. The van der Waals surface area contributed by atoms with Crippen molar-refractivity contribution in [3.8, 4) is 0 Å². The molecule has 3 fully saturated rings. The van der Waals surface area contributed by atoms with Gasteiger partial charge in [0, 0.05) is 6.42 Å². The summed E-state index contributed by atoms with van der Waals surface area (Å²) in [6.07, 6.45) is 56.1. The van der Waals surface area contributed by atoms with E-state index in [0.717, 1.165) is 64.2 Å². The van der Waals surface area contributed by atoms with Crippen molar-refractivity contribution in [1.29, 1.82) is 0 Å². The van der Waals surface area contributed by atoms with E-state index >= 15 is 0 Å². The number of amides is 1. The second-order valence-electron chi connectivity index (χ2n) is 29.2. The van der Waals surface area contributed by atoms with E-state index in [1.54, 1.807) is 6.08 Å². The van der Waals surface area contributed by atoms with Crippen LogP contribution in [0, 0.1) is 0 Å². The average Bonchev–Trinajstić information content (AvgIpc) is 0.766. The Balaban J connectivity index is 1.38. The Morgan fingerprint density at radius 1 is 0.363 bits per heavy atom. The van der Waals surface area contributed by atoms with Gasteiger partial charge in [-0.15, -0.1) is 0 Å². The zero-order valence-electron chi connectivity index (χ0n) is 63.6. The Bertz CT molecular complexity index is 2120. The normalized spacial score (nSPS) is 26.5. The summed E-state index contributed by atoms with van der Waals surface area (Å²) < 4.78 is 34.5. The van der Waals surface area contributed by atoms with Crippen LogP contribution >= 0.6 is 0 Å². The quantitative estimate of drug-likeness (QED) is 0.0199. The molecule has 3 aliphatic rings. The van der Waals surface area contributed by atoms with Crippen LogP contribution in [0.5, 0.6) is 0 Å². The van der Waals surface area contributed by atoms with Gasteiger partial charge in [0.05, 0.1) is 38.6 Å². The van der Waals surface area contributed by atoms with Crippen LogP contribution in [-0.2, 0) is 33.2 Å². The van der Waals surface area contributed by atoms with Crippen molar-refractivity contribution in [3.63, 3.8) is 0 Å². The van der Waals surface area contributed by atoms with Crippen LogP contribution in [0.4, 0.5) is 0 Å². The predicted octanol–water partition coefficient (Wildman–Crippen LogP) is 14.0. The van der Waals surface area contributed by atoms with Crippen LogP contribution in [0.3, 0.4) is 0 Å². The topological polar surface area (TPSA) is 307 Å². The maximum absolute atomic E-state index is 13.5. The van der Waals surface area contributed by atoms with E-state index in [2.05, 4.69) is 79.9 Å². The summed E-state index contributed by atoms with van der Waals surface area (Å²) in [5.74, 6) is -0.283. The molecule has 12 N–H and O–H groups in total. The molecule has 3 saturated heterocycles. The first-order chi connectivity index (χ1) is 49.8. The van der Waals surface area contributed by atoms with Gasteiger partial charge in [0.2, 0.25) is 5.91 Å². The maximum atomic E-state index is 13.5. The van der Waals surface area contributed by atoms with Crippen LogP contribution in [0.15, 0.2) is 72.9 Å². The first kappa shape index (κ1) is 93.4. The maximum Gasteiger partial charge on any atom is 0.220 e. The molecule has 0 aliphatic carbocycles. The third-order valence-electron chi connectivity index (χ3n) is 20.2. The van der Waals surface area contributed by atoms with Gasteiger partial charge in [0.1, 0.15) is 73.2 Å². The Labute approximate surface area is 617 Å². The van der Waals surface area contributed by atoms with E-state index in [0.29, 0.717) is 12.8 Å². The summed E-state index contributed by atoms with van der Waals surface area (Å²) in [6.45, 7) is 1.65. The highest BCUT2D eigenvalue weighted by Gasteiger charge is 2.54. The van der Waals surface area contributed by atoms with Crippen molar-refractivity contribution in [1.82, 2.24) is 5.32 Å². The Kier molecular flexibility index (Phi) is 57.9. The number of aliphatic hydroxyl groups excluding tert-OH is 11. The Hall–Kier alpha value is -2.77. The smallest absolute Gasteiger partial charge is 0.220 e. The highest BCUT2D eigenvalue weighted by Crippen LogP contribution is 2.33. The minimum Gasteiger partial charge on any atom is -0.394 e. The summed E-state index contributed by atoms with van der Waals surface area (Å²) in [6, 6.07) is -0.994. The molecule has 3 aliphatic heterocycles. The minimum absolute atomic E-state index is 0.234. The molecule has 19 heteroatoms. The number of aliphatic hydroxyl groups is 11. The fraction of sp³-hybridized carbons (Fsp3) is 0.843. The molecule has 1 amide bonds. The van der Waals surface area contributed by atoms with Crippen LogP contribution < -0.4 is 5.32 Å². The second kappa shape index (κ2) is 63.2. The van der Waals surface area contributed by atoms with E-state index in [1.165, 1.54) is 218 Å². The molecule has 3 heterocycles. The van der Waals surface area contributed by atoms with Gasteiger partial charge >= 0.3 is 0 Å². The molecule has 0 saturated carbocycles. The van der Waals surface area contributed by atoms with Gasteiger partial charge in [-0.1, -0.05) is 311 Å². The van der Waals surface area contributed by atoms with Crippen molar-refractivity contribution < 1.29 is 89.4 Å². The van der Waals surface area contributed by atoms with Crippen LogP contribution in [0.25, 0.3) is 0 Å². The van der Waals surface area contributed by atoms with Crippen molar-refractivity contribution in [2.45, 2.75) is 420 Å². The molecule has 0 aromatic heterocycles. The number of hydrogen-bond acceptors (Lipinski definition) is 18. The first-order valence-corrected chi connectivity index (χ1v) is 41.2. The van der Waals surface area contributed by atoms with Crippen molar-refractivity contribution in [2.24, 2.45) is 0 Å². The molecule has 0 bridgehead atoms. The first-order valence-electron chi connectivity index (χ1n) is 41.2. The fourth-order valence-corrected chi connectivity index (χ4v) is 13.7. The molecule has 19 nitrogen and oxygen atoms in total. The monoisotopic (exact) mass is 1450 g/mol. The predicted molar refractivity (Wildman–Crippen MR) is 406 cm³/mol. The number of nitrogens with one attached hydrogen (secondary N) is 1. The third kappa shape index (κ3) is 42.7. The van der Waals surface area contributed by atoms with E-state index in [9.17, 15) is 61.0 Å². The van der Waals surface area contributed by atoms with E-state index in [-0.39, 0.29) is 18.9 Å². The lowest BCUT2D eigenvalue weighted by atomic mass is 9.96. The molecule has 0 aromatic carbocycles. The zero-order valence-corrected chi connectivity index (χ0v) is 63.6. The van der Waals surface area contributed by atoms with Gasteiger partial charge in [0.25, 0.3) is 0 Å². The summed E-state index contributed by atoms with van der Waals surface area (Å²) in [7, 11) is 0. The van der Waals surface area contributed by atoms with Gasteiger partial charge in [-0.3, -0.25) is 4.79 Å². The number of rotatable bonds is 65. The number of carbonyl (C=O) groups is 1. The fourth-order valence-electron chi connectivity index (χ4n) is 13.7. The van der Waals surface area contributed by atoms with Gasteiger partial charge in [-0.2, -0.15) is 0 Å². The zero-order chi connectivity index (χ0) is 73.9. The van der Waals surface area contributed by atoms with Crippen molar-refractivity contribution in [2.75, 3.05) is 26.4 Å². The molecule has 0 aromatic rings. The summed E-state index contributed by atoms with van der Waals surface area (Å²) >= 11 is 0. The van der Waals surface area contributed by atoms with Crippen LogP contribution in [-0.4, -0.2) is 193 Å². The standard InChI is InChI=1S/C83H149NO18/c1-3-5-7-9-11-13-15-17-19-21-23-25-27-29-31-33-35-37-39-41-43-45-47-49-51-53-55-57-59-61-71(89)84-66(67(88)60-58-56-54-52-50-48-46-44-42-40-38-36-34-32-30-28-26-24-22-20-18-16-14-12-10-8-6-4-2)65-97-81-77(95)74(92)79(69(63-86)99-81)102-83-78(96)75(93)80(70(64-87)100-83)101-82-76(94)73(91)72(90)68(62-85)98-82/h5,7,11,13,17,19,23,25,50,52,58,60,66-70,72-83,85-88,90-96H,3-4,6,8-10,12,14-16,18,20-22,24,26-49,51,53-57,59,61-65H2,1-2H3,(H,84,89)/b7-5-,13-11-,19-17-,25-23-,52-50+,60-58+. The number of ether oxygens (including phenoxy) is 6. The SMILES string of the molecule is CC/C=C\C/C=C\C/C=C\C/C=C\CCCCCCCCCCCCCCCCCCC(=O)NC(COC1OC(CO)C(OC2OC(CO)C(OC3OC(CO)C(O)C(O)C3O)C(O)C2O)C(O)C1O)C(O)/C=C/CC/C=C/CCCCCCCCCCCCCCCCCCCCCCCC. The number of unbranched alkanes of at least 4 members (excludes halogenated alkanes) is 39. The lowest BCUT2D eigenvalue weighted by Crippen LogP contribution is -2.66. The lowest BCUT2D eigenvalue weighted by Gasteiger charge is -2.48. The molecular formula is C83H149NO18. The summed E-state index contributed by atoms with van der Waals surface area (Å²) in [5.41, 5.74) is 0. The van der Waals surface area contributed by atoms with E-state index in [4.69, 9.17) is 28.4 Å². The summed E-state index contributed by atoms with van der Waals surface area (Å²) in [5, 5.41) is 121. The number of carbonyl (C=O) groups excluding carboxylic acids is 1. The third-order valence-corrected chi connectivity index (χ3v) is 20.2. The Morgan fingerprint density at radius 2 is 0.686 bits per heavy atom. The van der Waals surface area contributed by atoms with E-state index < -0.39 is 124 Å². The largest absolute Gasteiger partial charge is 0.394 e. The van der Waals surface area contributed by atoms with Gasteiger partial charge in [-0.25, -0.2) is 0 Å². The van der Waals surface area contributed by atoms with Crippen LogP contribution in [0.1, 0.15) is 316 Å². The molecular weight excluding hydrogens is 1300 g/mol. The highest BCUT2D eigenvalue weighted by atomic mass is 16.8. The average molecular weight is 1450 g/mol. The van der Waals surface area contributed by atoms with Crippen molar-refractivity contribution >= 4 is 5.91 Å². The number of hydrogen-bond donors (Lipinski definition) is 12. The van der Waals surface area contributed by atoms with Gasteiger partial charge in [-0.05, 0) is 70.6 Å². The minimum atomic E-state index is -1.98. The molecule has 0 radical (unpaired) electrons. The highest BCUT2D eigenvalue weighted by molar-refractivity contribution is 5.76. The molecule has 17 unspecified atom stereocenters. The van der Waals surface area contributed by atoms with Gasteiger partial charge in [0.15, 0.2) is 18.9 Å². The Morgan fingerprint density at radius 3 is 1.10 bits per heavy atom. The molecule has 17 atom stereocenters. The molecule has 594 valence electrons. The van der Waals surface area contributed by atoms with Crippen LogP contribution in [0.2, 0.25) is 0 Å². The second-order valence-corrected chi connectivity index (χ2v) is 29.2. The summed E-state index contributed by atoms with van der Waals surface area (Å²) in [4.78, 5) is 13.5. The molecule has 0 spiro atoms. The van der Waals surface area contributed by atoms with Crippen molar-refractivity contribution in [3.05, 3.63) is 72.9 Å². The lowest BCUT2D eigenvalue weighted by molar-refractivity contribution is -0.379. The number of allylic oxidation sites excluding steroid dienone is 11. The van der Waals surface area contributed by atoms with E-state index in [1.807, 2.05) is 6.08 Å². The van der Waals surface area contributed by atoms with Gasteiger partial charge < -0.3 is 89.9 Å².